The standard InChI is InChI=1S/C15H14N4O/c1-19-13-7-3-2-5-10(13)12(18-19)9-14(20)15-11(16)6-4-8-17-15/h2-8H,9,16H2,1H3. The minimum absolute atomic E-state index is 0.119. The van der Waals surface area contributed by atoms with Gasteiger partial charge < -0.3 is 5.73 Å². The number of benzene rings is 1. The zero-order chi connectivity index (χ0) is 14.1. The third-order valence-electron chi connectivity index (χ3n) is 3.27. The summed E-state index contributed by atoms with van der Waals surface area (Å²) in [6, 6.07) is 11.2. The Labute approximate surface area is 116 Å². The van der Waals surface area contributed by atoms with Crippen molar-refractivity contribution in [2.45, 2.75) is 6.42 Å². The first-order valence-corrected chi connectivity index (χ1v) is 6.31. The van der Waals surface area contributed by atoms with Crippen LogP contribution in [0.25, 0.3) is 10.9 Å². The number of fused-ring (bicyclic) bond motifs is 1. The maximum atomic E-state index is 12.3. The average Bonchev–Trinajstić information content (AvgIpc) is 2.76. The second-order valence-electron chi connectivity index (χ2n) is 4.63. The number of nitrogen functional groups attached to an aromatic ring is 1. The first-order chi connectivity index (χ1) is 9.66. The van der Waals surface area contributed by atoms with Crippen LogP contribution in [0.4, 0.5) is 5.69 Å². The SMILES string of the molecule is Cn1nc(CC(=O)c2ncccc2N)c2ccccc21. The lowest BCUT2D eigenvalue weighted by Crippen LogP contribution is -2.10. The Balaban J connectivity index is 1.98. The van der Waals surface area contributed by atoms with Gasteiger partial charge in [0.1, 0.15) is 5.69 Å². The first kappa shape index (κ1) is 12.3. The Bertz CT molecular complexity index is 791. The van der Waals surface area contributed by atoms with Gasteiger partial charge in [0.15, 0.2) is 5.78 Å². The molecular formula is C15H14N4O. The van der Waals surface area contributed by atoms with Gasteiger partial charge >= 0.3 is 0 Å². The number of Topliss-reactive ketones (excluding diaryl/α,β-unsaturated/α-hetero) is 1. The number of pyridine rings is 1. The molecule has 3 rings (SSSR count). The number of rotatable bonds is 3. The summed E-state index contributed by atoms with van der Waals surface area (Å²) in [5, 5.41) is 5.40. The number of hydrogen-bond donors (Lipinski definition) is 1. The third kappa shape index (κ3) is 2.03. The van der Waals surface area contributed by atoms with Crippen LogP contribution in [0.1, 0.15) is 16.2 Å². The smallest absolute Gasteiger partial charge is 0.189 e. The van der Waals surface area contributed by atoms with Crippen molar-refractivity contribution in [3.63, 3.8) is 0 Å². The second kappa shape index (κ2) is 4.77. The molecule has 5 nitrogen and oxygen atoms in total. The highest BCUT2D eigenvalue weighted by atomic mass is 16.1. The molecule has 100 valence electrons. The van der Waals surface area contributed by atoms with E-state index in [1.165, 1.54) is 0 Å². The summed E-state index contributed by atoms with van der Waals surface area (Å²) in [5.74, 6) is -0.119. The third-order valence-corrected chi connectivity index (χ3v) is 3.27. The zero-order valence-electron chi connectivity index (χ0n) is 11.1. The maximum Gasteiger partial charge on any atom is 0.189 e. The minimum atomic E-state index is -0.119. The minimum Gasteiger partial charge on any atom is -0.397 e. The van der Waals surface area contributed by atoms with E-state index < -0.39 is 0 Å². The van der Waals surface area contributed by atoms with Gasteiger partial charge in [0.25, 0.3) is 0 Å². The molecule has 0 amide bonds. The zero-order valence-corrected chi connectivity index (χ0v) is 11.1. The van der Waals surface area contributed by atoms with Crippen molar-refractivity contribution in [1.29, 1.82) is 0 Å². The summed E-state index contributed by atoms with van der Waals surface area (Å²) >= 11 is 0. The molecule has 2 heterocycles. The number of para-hydroxylation sites is 1. The number of carbonyl (C=O) groups is 1. The summed E-state index contributed by atoms with van der Waals surface area (Å²) in [7, 11) is 1.87. The molecule has 0 unspecified atom stereocenters. The van der Waals surface area contributed by atoms with Crippen molar-refractivity contribution in [3.8, 4) is 0 Å². The van der Waals surface area contributed by atoms with E-state index in [9.17, 15) is 4.79 Å². The number of aryl methyl sites for hydroxylation is 1. The molecule has 5 heteroatoms. The van der Waals surface area contributed by atoms with Crippen molar-refractivity contribution in [3.05, 3.63) is 54.0 Å². The van der Waals surface area contributed by atoms with Crippen molar-refractivity contribution >= 4 is 22.4 Å². The summed E-state index contributed by atoms with van der Waals surface area (Å²) in [6.07, 6.45) is 1.77. The second-order valence-corrected chi connectivity index (χ2v) is 4.63. The van der Waals surface area contributed by atoms with Crippen LogP contribution in [0.15, 0.2) is 42.6 Å². The van der Waals surface area contributed by atoms with Gasteiger partial charge in [0, 0.05) is 18.6 Å². The monoisotopic (exact) mass is 266 g/mol. The number of hydrogen-bond acceptors (Lipinski definition) is 4. The van der Waals surface area contributed by atoms with Crippen molar-refractivity contribution in [2.24, 2.45) is 7.05 Å². The Morgan fingerprint density at radius 1 is 1.25 bits per heavy atom. The Morgan fingerprint density at radius 3 is 2.85 bits per heavy atom. The lowest BCUT2D eigenvalue weighted by Gasteiger charge is -2.01. The fourth-order valence-electron chi connectivity index (χ4n) is 2.31. The fourth-order valence-corrected chi connectivity index (χ4v) is 2.31. The molecule has 2 N–H and O–H groups in total. The number of aromatic nitrogens is 3. The highest BCUT2D eigenvalue weighted by Gasteiger charge is 2.16. The number of nitrogens with zero attached hydrogens (tertiary/aromatic N) is 3. The van der Waals surface area contributed by atoms with E-state index in [1.807, 2.05) is 31.3 Å². The quantitative estimate of drug-likeness (QED) is 0.735. The van der Waals surface area contributed by atoms with Gasteiger partial charge in [-0.3, -0.25) is 14.5 Å². The van der Waals surface area contributed by atoms with Crippen LogP contribution in [0, 0.1) is 0 Å². The lowest BCUT2D eigenvalue weighted by molar-refractivity contribution is 0.0988. The number of carbonyl (C=O) groups excluding carboxylic acids is 1. The molecule has 0 aliphatic heterocycles. The molecule has 1 aromatic carbocycles. The summed E-state index contributed by atoms with van der Waals surface area (Å²) in [6.45, 7) is 0. The molecule has 0 aliphatic rings. The number of ketones is 1. The van der Waals surface area contributed by atoms with Crippen LogP contribution in [-0.4, -0.2) is 20.5 Å². The largest absolute Gasteiger partial charge is 0.397 e. The Kier molecular flexibility index (Phi) is 2.95. The van der Waals surface area contributed by atoms with Crippen molar-refractivity contribution < 1.29 is 4.79 Å². The molecule has 3 aromatic rings. The summed E-state index contributed by atoms with van der Waals surface area (Å²) in [5.41, 5.74) is 8.24. The van der Waals surface area contributed by atoms with Crippen LogP contribution < -0.4 is 5.73 Å². The van der Waals surface area contributed by atoms with Crippen LogP contribution in [0.3, 0.4) is 0 Å². The Hall–Kier alpha value is -2.69. The number of anilines is 1. The lowest BCUT2D eigenvalue weighted by atomic mass is 10.1. The molecule has 0 aliphatic carbocycles. The van der Waals surface area contributed by atoms with Gasteiger partial charge in [0.05, 0.1) is 23.3 Å². The van der Waals surface area contributed by atoms with E-state index in [1.54, 1.807) is 23.0 Å². The molecule has 0 fully saturated rings. The molecule has 0 atom stereocenters. The highest BCUT2D eigenvalue weighted by molar-refractivity contribution is 6.01. The molecule has 0 saturated heterocycles. The fraction of sp³-hybridized carbons (Fsp3) is 0.133. The van der Waals surface area contributed by atoms with Crippen molar-refractivity contribution in [2.75, 3.05) is 5.73 Å². The van der Waals surface area contributed by atoms with E-state index in [0.29, 0.717) is 11.4 Å². The highest BCUT2D eigenvalue weighted by Crippen LogP contribution is 2.19. The molecule has 0 bridgehead atoms. The van der Waals surface area contributed by atoms with E-state index in [-0.39, 0.29) is 12.2 Å². The van der Waals surface area contributed by atoms with Crippen molar-refractivity contribution in [1.82, 2.24) is 14.8 Å². The normalized spacial score (nSPS) is 10.8. The molecule has 0 radical (unpaired) electrons. The van der Waals surface area contributed by atoms with Crippen LogP contribution in [-0.2, 0) is 13.5 Å². The van der Waals surface area contributed by atoms with Crippen LogP contribution in [0.2, 0.25) is 0 Å². The summed E-state index contributed by atoms with van der Waals surface area (Å²) in [4.78, 5) is 16.3. The molecule has 20 heavy (non-hydrogen) atoms. The van der Waals surface area contributed by atoms with Gasteiger partial charge in [-0.15, -0.1) is 0 Å². The topological polar surface area (TPSA) is 73.8 Å². The van der Waals surface area contributed by atoms with Crippen LogP contribution in [0.5, 0.6) is 0 Å². The van der Waals surface area contributed by atoms with Gasteiger partial charge in [-0.05, 0) is 18.2 Å². The number of nitrogens with two attached hydrogens (primary N) is 1. The predicted octanol–water partition coefficient (Wildman–Crippen LogP) is 1.98. The molecule has 2 aromatic heterocycles. The van der Waals surface area contributed by atoms with Crippen LogP contribution >= 0.6 is 0 Å². The summed E-state index contributed by atoms with van der Waals surface area (Å²) < 4.78 is 1.78. The first-order valence-electron chi connectivity index (χ1n) is 6.31. The van der Waals surface area contributed by atoms with Gasteiger partial charge in [0.2, 0.25) is 0 Å². The van der Waals surface area contributed by atoms with E-state index in [2.05, 4.69) is 10.1 Å². The van der Waals surface area contributed by atoms with E-state index in [0.717, 1.165) is 16.6 Å². The molecule has 0 spiro atoms. The predicted molar refractivity (Wildman–Crippen MR) is 77.4 cm³/mol. The van der Waals surface area contributed by atoms with E-state index >= 15 is 0 Å². The van der Waals surface area contributed by atoms with Gasteiger partial charge in [-0.25, -0.2) is 0 Å². The van der Waals surface area contributed by atoms with Gasteiger partial charge in [-0.1, -0.05) is 18.2 Å². The molecule has 0 saturated carbocycles. The average molecular weight is 266 g/mol. The Morgan fingerprint density at radius 2 is 2.05 bits per heavy atom. The maximum absolute atomic E-state index is 12.3. The molecular weight excluding hydrogens is 252 g/mol. The van der Waals surface area contributed by atoms with E-state index in [4.69, 9.17) is 5.73 Å². The van der Waals surface area contributed by atoms with Gasteiger partial charge in [-0.2, -0.15) is 5.10 Å².